The number of nitrogens with one attached hydrogen (secondary N) is 1. The van der Waals surface area contributed by atoms with Crippen molar-refractivity contribution in [1.29, 1.82) is 0 Å². The maximum absolute atomic E-state index is 12.7. The fourth-order valence-electron chi connectivity index (χ4n) is 2.60. The Kier molecular flexibility index (Phi) is 4.32. The van der Waals surface area contributed by atoms with Gasteiger partial charge in [0.2, 0.25) is 11.8 Å². The van der Waals surface area contributed by atoms with Crippen molar-refractivity contribution in [2.24, 2.45) is 5.73 Å². The highest BCUT2D eigenvalue weighted by atomic mass is 35.5. The zero-order chi connectivity index (χ0) is 16.4. The largest absolute Gasteiger partial charge is 0.327 e. The molecule has 1 heterocycles. The van der Waals surface area contributed by atoms with Gasteiger partial charge in [-0.15, -0.1) is 0 Å². The Bertz CT molecular complexity index is 763. The topological polar surface area (TPSA) is 75.4 Å². The van der Waals surface area contributed by atoms with Crippen LogP contribution in [-0.4, -0.2) is 23.3 Å². The smallest absolute Gasteiger partial charge is 0.244 e. The van der Waals surface area contributed by atoms with Crippen LogP contribution in [-0.2, 0) is 16.1 Å². The molecule has 0 bridgehead atoms. The standard InChI is InChI=1S/C17H16ClN3O2/c18-13-6-3-5-11(8-13)16(19)17(23)21-9-12-4-1-2-7-14(12)20-15(22)10-21/h1-8,16H,9-10,19H2,(H,20,22). The molecular formula is C17H16ClN3O2. The molecule has 2 aromatic carbocycles. The molecule has 0 aliphatic carbocycles. The number of hydrogen-bond donors (Lipinski definition) is 2. The lowest BCUT2D eigenvalue weighted by molar-refractivity contribution is -0.136. The average molecular weight is 330 g/mol. The van der Waals surface area contributed by atoms with Gasteiger partial charge in [0.15, 0.2) is 0 Å². The van der Waals surface area contributed by atoms with Gasteiger partial charge in [-0.2, -0.15) is 0 Å². The van der Waals surface area contributed by atoms with Gasteiger partial charge in [0.1, 0.15) is 12.6 Å². The number of carbonyl (C=O) groups is 2. The third-order valence-electron chi connectivity index (χ3n) is 3.77. The average Bonchev–Trinajstić information content (AvgIpc) is 2.71. The Balaban J connectivity index is 1.85. The molecule has 3 rings (SSSR count). The molecule has 0 aromatic heterocycles. The molecule has 2 aromatic rings. The molecule has 0 radical (unpaired) electrons. The van der Waals surface area contributed by atoms with E-state index in [0.717, 1.165) is 11.3 Å². The molecule has 5 nitrogen and oxygen atoms in total. The highest BCUT2D eigenvalue weighted by Gasteiger charge is 2.27. The number of rotatable bonds is 2. The molecule has 23 heavy (non-hydrogen) atoms. The van der Waals surface area contributed by atoms with Crippen LogP contribution in [0.2, 0.25) is 5.02 Å². The van der Waals surface area contributed by atoms with Gasteiger partial charge >= 0.3 is 0 Å². The highest BCUT2D eigenvalue weighted by Crippen LogP contribution is 2.23. The molecule has 0 saturated carbocycles. The van der Waals surface area contributed by atoms with E-state index < -0.39 is 6.04 Å². The Morgan fingerprint density at radius 3 is 2.74 bits per heavy atom. The van der Waals surface area contributed by atoms with Crippen LogP contribution in [0.1, 0.15) is 17.2 Å². The summed E-state index contributed by atoms with van der Waals surface area (Å²) in [5, 5.41) is 3.32. The number of hydrogen-bond acceptors (Lipinski definition) is 3. The molecule has 6 heteroatoms. The van der Waals surface area contributed by atoms with Gasteiger partial charge in [-0.05, 0) is 29.3 Å². The lowest BCUT2D eigenvalue weighted by atomic mass is 10.1. The third kappa shape index (κ3) is 3.36. The highest BCUT2D eigenvalue weighted by molar-refractivity contribution is 6.30. The number of fused-ring (bicyclic) bond motifs is 1. The summed E-state index contributed by atoms with van der Waals surface area (Å²) in [6, 6.07) is 13.4. The molecule has 118 valence electrons. The quantitative estimate of drug-likeness (QED) is 0.887. The summed E-state index contributed by atoms with van der Waals surface area (Å²) in [6.45, 7) is 0.309. The normalized spacial score (nSPS) is 15.4. The molecule has 0 saturated heterocycles. The van der Waals surface area contributed by atoms with E-state index in [4.69, 9.17) is 17.3 Å². The molecular weight excluding hydrogens is 314 g/mol. The van der Waals surface area contributed by atoms with Gasteiger partial charge in [-0.25, -0.2) is 0 Å². The molecule has 3 N–H and O–H groups in total. The van der Waals surface area contributed by atoms with Crippen LogP contribution in [0.4, 0.5) is 5.69 Å². The monoisotopic (exact) mass is 329 g/mol. The van der Waals surface area contributed by atoms with E-state index >= 15 is 0 Å². The van der Waals surface area contributed by atoms with E-state index in [9.17, 15) is 9.59 Å². The van der Waals surface area contributed by atoms with Gasteiger partial charge in [0.25, 0.3) is 0 Å². The first-order valence-electron chi connectivity index (χ1n) is 7.22. The second kappa shape index (κ2) is 6.40. The summed E-state index contributed by atoms with van der Waals surface area (Å²) in [5.41, 5.74) is 8.30. The molecule has 1 atom stereocenters. The Morgan fingerprint density at radius 2 is 1.96 bits per heavy atom. The number of carbonyl (C=O) groups excluding carboxylic acids is 2. The zero-order valence-electron chi connectivity index (χ0n) is 12.3. The summed E-state index contributed by atoms with van der Waals surface area (Å²) in [4.78, 5) is 26.2. The van der Waals surface area contributed by atoms with Crippen molar-refractivity contribution >= 4 is 29.1 Å². The van der Waals surface area contributed by atoms with Crippen LogP contribution in [0, 0.1) is 0 Å². The van der Waals surface area contributed by atoms with Crippen LogP contribution >= 0.6 is 11.6 Å². The van der Waals surface area contributed by atoms with Crippen molar-refractivity contribution in [3.05, 3.63) is 64.7 Å². The summed E-state index contributed by atoms with van der Waals surface area (Å²) >= 11 is 5.95. The van der Waals surface area contributed by atoms with Crippen molar-refractivity contribution < 1.29 is 9.59 Å². The number of anilines is 1. The fourth-order valence-corrected chi connectivity index (χ4v) is 2.80. The van der Waals surface area contributed by atoms with E-state index in [1.54, 1.807) is 24.3 Å². The maximum Gasteiger partial charge on any atom is 0.244 e. The van der Waals surface area contributed by atoms with Crippen LogP contribution in [0.5, 0.6) is 0 Å². The minimum atomic E-state index is -0.855. The van der Waals surface area contributed by atoms with Crippen molar-refractivity contribution in [1.82, 2.24) is 4.90 Å². The summed E-state index contributed by atoms with van der Waals surface area (Å²) < 4.78 is 0. The molecule has 1 unspecified atom stereocenters. The van der Waals surface area contributed by atoms with E-state index in [-0.39, 0.29) is 18.4 Å². The number of nitrogens with two attached hydrogens (primary N) is 1. The lowest BCUT2D eigenvalue weighted by Crippen LogP contribution is -2.41. The summed E-state index contributed by atoms with van der Waals surface area (Å²) in [7, 11) is 0. The van der Waals surface area contributed by atoms with Crippen LogP contribution in [0.15, 0.2) is 48.5 Å². The van der Waals surface area contributed by atoms with Crippen molar-refractivity contribution in [3.8, 4) is 0 Å². The second-order valence-electron chi connectivity index (χ2n) is 5.43. The molecule has 1 aliphatic heterocycles. The van der Waals surface area contributed by atoms with Crippen molar-refractivity contribution in [3.63, 3.8) is 0 Å². The molecule has 1 aliphatic rings. The van der Waals surface area contributed by atoms with Crippen LogP contribution in [0.3, 0.4) is 0 Å². The Labute approximate surface area is 139 Å². The first-order chi connectivity index (χ1) is 11.0. The summed E-state index contributed by atoms with van der Waals surface area (Å²) in [5.74, 6) is -0.541. The van der Waals surface area contributed by atoms with Gasteiger partial charge < -0.3 is 16.0 Å². The van der Waals surface area contributed by atoms with Crippen molar-refractivity contribution in [2.75, 3.05) is 11.9 Å². The fraction of sp³-hybridized carbons (Fsp3) is 0.176. The maximum atomic E-state index is 12.7. The van der Waals surface area contributed by atoms with Gasteiger partial charge in [0.05, 0.1) is 0 Å². The van der Waals surface area contributed by atoms with Crippen molar-refractivity contribution in [2.45, 2.75) is 12.6 Å². The SMILES string of the molecule is NC(C(=O)N1CC(=O)Nc2ccccc2C1)c1cccc(Cl)c1. The number of nitrogens with zero attached hydrogens (tertiary/aromatic N) is 1. The third-order valence-corrected chi connectivity index (χ3v) is 4.01. The van der Waals surface area contributed by atoms with Gasteiger partial charge in [-0.1, -0.05) is 41.9 Å². The Hall–Kier alpha value is -2.37. The first kappa shape index (κ1) is 15.5. The predicted octanol–water partition coefficient (Wildman–Crippen LogP) is 2.32. The lowest BCUT2D eigenvalue weighted by Gasteiger charge is -2.23. The van der Waals surface area contributed by atoms with Crippen LogP contribution < -0.4 is 11.1 Å². The predicted molar refractivity (Wildman–Crippen MR) is 88.9 cm³/mol. The first-order valence-corrected chi connectivity index (χ1v) is 7.60. The molecule has 2 amide bonds. The minimum Gasteiger partial charge on any atom is -0.327 e. The molecule has 0 spiro atoms. The number of benzene rings is 2. The van der Waals surface area contributed by atoms with Gasteiger partial charge in [-0.3, -0.25) is 9.59 Å². The van der Waals surface area contributed by atoms with E-state index in [1.807, 2.05) is 24.3 Å². The number of halogens is 1. The minimum absolute atomic E-state index is 0.0260. The van der Waals surface area contributed by atoms with Crippen LogP contribution in [0.25, 0.3) is 0 Å². The summed E-state index contributed by atoms with van der Waals surface area (Å²) in [6.07, 6.45) is 0. The Morgan fingerprint density at radius 1 is 1.17 bits per heavy atom. The van der Waals surface area contributed by atoms with E-state index in [1.165, 1.54) is 4.90 Å². The molecule has 0 fully saturated rings. The second-order valence-corrected chi connectivity index (χ2v) is 5.87. The zero-order valence-corrected chi connectivity index (χ0v) is 13.1. The van der Waals surface area contributed by atoms with E-state index in [2.05, 4.69) is 5.32 Å². The van der Waals surface area contributed by atoms with Gasteiger partial charge in [0, 0.05) is 17.3 Å². The number of amides is 2. The van der Waals surface area contributed by atoms with E-state index in [0.29, 0.717) is 17.1 Å². The number of para-hydroxylation sites is 1.